The maximum Gasteiger partial charge on any atom is 0.254 e. The Morgan fingerprint density at radius 3 is 2.27 bits per heavy atom. The zero-order valence-corrected chi connectivity index (χ0v) is 22.2. The molecular formula is C30H43NO2. The molecule has 180 valence electrons. The first-order chi connectivity index (χ1) is 15.2. The number of hydrogen-bond acceptors (Lipinski definition) is 2. The molecule has 2 aromatic rings. The summed E-state index contributed by atoms with van der Waals surface area (Å²) in [6.07, 6.45) is 4.30. The number of fused-ring (bicyclic) bond motifs is 1. The molecule has 0 bridgehead atoms. The Balaban J connectivity index is 1.69. The van der Waals surface area contributed by atoms with Gasteiger partial charge in [0.25, 0.3) is 5.91 Å². The lowest BCUT2D eigenvalue weighted by Gasteiger charge is -2.42. The molecule has 1 fully saturated rings. The molecule has 1 aliphatic rings. The Morgan fingerprint density at radius 1 is 1.09 bits per heavy atom. The van der Waals surface area contributed by atoms with Gasteiger partial charge in [-0.1, -0.05) is 85.7 Å². The summed E-state index contributed by atoms with van der Waals surface area (Å²) < 4.78 is 0. The van der Waals surface area contributed by atoms with Crippen molar-refractivity contribution in [2.75, 3.05) is 13.6 Å². The van der Waals surface area contributed by atoms with Crippen LogP contribution in [0.25, 0.3) is 10.8 Å². The number of benzene rings is 2. The molecule has 3 nitrogen and oxygen atoms in total. The fourth-order valence-corrected chi connectivity index (χ4v) is 5.70. The van der Waals surface area contributed by atoms with Crippen LogP contribution in [-0.2, 0) is 0 Å². The molecule has 3 heteroatoms. The van der Waals surface area contributed by atoms with Crippen molar-refractivity contribution in [1.82, 2.24) is 4.90 Å². The summed E-state index contributed by atoms with van der Waals surface area (Å²) >= 11 is 0. The zero-order valence-electron chi connectivity index (χ0n) is 22.2. The molecule has 1 saturated carbocycles. The minimum absolute atomic E-state index is 0.0142. The van der Waals surface area contributed by atoms with E-state index < -0.39 is 0 Å². The molecule has 0 aromatic heterocycles. The Hall–Kier alpha value is -2.16. The van der Waals surface area contributed by atoms with Crippen molar-refractivity contribution in [2.24, 2.45) is 27.6 Å². The largest absolute Gasteiger partial charge is 0.342 e. The van der Waals surface area contributed by atoms with Gasteiger partial charge in [0.05, 0.1) is 0 Å². The Labute approximate surface area is 200 Å². The standard InChI is InChI=1S/C30H43NO2/c1-21(30(8)20-29(30,7)19-28(5,6)27(2,3)4)16-17-31(9)26(33)24-15-11-13-22-12-10-14-23(18-32)25(22)24/h10-15,18,21H,16-17,19-20H2,1-9H3. The number of nitrogens with zero attached hydrogens (tertiary/aromatic N) is 1. The van der Waals surface area contributed by atoms with Gasteiger partial charge in [-0.2, -0.15) is 0 Å². The monoisotopic (exact) mass is 449 g/mol. The average Bonchev–Trinajstić information content (AvgIpc) is 3.29. The highest BCUT2D eigenvalue weighted by molar-refractivity contribution is 6.12. The Kier molecular flexibility index (Phi) is 6.61. The summed E-state index contributed by atoms with van der Waals surface area (Å²) in [5.74, 6) is 0.520. The van der Waals surface area contributed by atoms with E-state index in [0.717, 1.165) is 23.5 Å². The van der Waals surface area contributed by atoms with Crippen molar-refractivity contribution in [2.45, 2.75) is 74.7 Å². The van der Waals surface area contributed by atoms with Crippen LogP contribution in [0.1, 0.15) is 95.4 Å². The zero-order chi connectivity index (χ0) is 24.8. The van der Waals surface area contributed by atoms with Gasteiger partial charge in [0.15, 0.2) is 6.29 Å². The third-order valence-electron chi connectivity index (χ3n) is 9.50. The number of amides is 1. The van der Waals surface area contributed by atoms with Crippen molar-refractivity contribution >= 4 is 23.0 Å². The minimum atomic E-state index is -0.0142. The molecule has 33 heavy (non-hydrogen) atoms. The van der Waals surface area contributed by atoms with E-state index in [1.54, 1.807) is 6.07 Å². The summed E-state index contributed by atoms with van der Waals surface area (Å²) in [7, 11) is 1.88. The van der Waals surface area contributed by atoms with Crippen molar-refractivity contribution in [1.29, 1.82) is 0 Å². The molecular weight excluding hydrogens is 406 g/mol. The van der Waals surface area contributed by atoms with Gasteiger partial charge in [-0.05, 0) is 58.3 Å². The van der Waals surface area contributed by atoms with Gasteiger partial charge in [0.1, 0.15) is 0 Å². The van der Waals surface area contributed by atoms with Crippen LogP contribution in [0.15, 0.2) is 36.4 Å². The lowest BCUT2D eigenvalue weighted by Crippen LogP contribution is -2.34. The quantitative estimate of drug-likeness (QED) is 0.388. The molecule has 0 radical (unpaired) electrons. The van der Waals surface area contributed by atoms with Gasteiger partial charge in [-0.3, -0.25) is 9.59 Å². The molecule has 0 heterocycles. The van der Waals surface area contributed by atoms with Gasteiger partial charge >= 0.3 is 0 Å². The molecule has 2 aromatic carbocycles. The second-order valence-corrected chi connectivity index (χ2v) is 12.8. The van der Waals surface area contributed by atoms with Gasteiger partial charge in [-0.25, -0.2) is 0 Å². The predicted molar refractivity (Wildman–Crippen MR) is 139 cm³/mol. The molecule has 0 aliphatic heterocycles. The van der Waals surface area contributed by atoms with Gasteiger partial charge in [0.2, 0.25) is 0 Å². The van der Waals surface area contributed by atoms with Crippen LogP contribution in [0.2, 0.25) is 0 Å². The summed E-state index contributed by atoms with van der Waals surface area (Å²) in [6.45, 7) is 19.8. The van der Waals surface area contributed by atoms with Crippen LogP contribution in [0.4, 0.5) is 0 Å². The second-order valence-electron chi connectivity index (χ2n) is 12.8. The highest BCUT2D eigenvalue weighted by Gasteiger charge is 2.64. The number of carbonyl (C=O) groups excluding carboxylic acids is 2. The maximum atomic E-state index is 13.3. The smallest absolute Gasteiger partial charge is 0.254 e. The summed E-state index contributed by atoms with van der Waals surface area (Å²) in [5.41, 5.74) is 2.38. The van der Waals surface area contributed by atoms with E-state index in [-0.39, 0.29) is 16.7 Å². The second kappa shape index (κ2) is 8.56. The van der Waals surface area contributed by atoms with Crippen LogP contribution in [0, 0.1) is 27.6 Å². The van der Waals surface area contributed by atoms with E-state index in [9.17, 15) is 9.59 Å². The topological polar surface area (TPSA) is 37.4 Å². The van der Waals surface area contributed by atoms with E-state index in [2.05, 4.69) is 55.4 Å². The molecule has 0 N–H and O–H groups in total. The van der Waals surface area contributed by atoms with Crippen LogP contribution < -0.4 is 0 Å². The fraction of sp³-hybridized carbons (Fsp3) is 0.600. The highest BCUT2D eigenvalue weighted by atomic mass is 16.2. The van der Waals surface area contributed by atoms with E-state index in [4.69, 9.17) is 0 Å². The molecule has 3 unspecified atom stereocenters. The van der Waals surface area contributed by atoms with Crippen LogP contribution >= 0.6 is 0 Å². The summed E-state index contributed by atoms with van der Waals surface area (Å²) in [4.78, 5) is 26.8. The van der Waals surface area contributed by atoms with Gasteiger partial charge < -0.3 is 4.90 Å². The number of aldehydes is 1. The fourth-order valence-electron chi connectivity index (χ4n) is 5.70. The van der Waals surface area contributed by atoms with E-state index in [0.29, 0.717) is 34.4 Å². The normalized spacial score (nSPS) is 23.9. The number of hydrogen-bond donors (Lipinski definition) is 0. The number of carbonyl (C=O) groups is 2. The summed E-state index contributed by atoms with van der Waals surface area (Å²) in [5, 5.41) is 1.68. The number of rotatable bonds is 8. The van der Waals surface area contributed by atoms with Crippen molar-refractivity contribution in [3.8, 4) is 0 Å². The van der Waals surface area contributed by atoms with Crippen LogP contribution in [-0.4, -0.2) is 30.7 Å². The summed E-state index contributed by atoms with van der Waals surface area (Å²) in [6, 6.07) is 11.3. The lowest BCUT2D eigenvalue weighted by molar-refractivity contribution is 0.0705. The van der Waals surface area contributed by atoms with Crippen molar-refractivity contribution in [3.63, 3.8) is 0 Å². The average molecular weight is 450 g/mol. The third kappa shape index (κ3) is 4.61. The van der Waals surface area contributed by atoms with Crippen molar-refractivity contribution < 1.29 is 9.59 Å². The first kappa shape index (κ1) is 25.5. The predicted octanol–water partition coefficient (Wildman–Crippen LogP) is 7.63. The third-order valence-corrected chi connectivity index (χ3v) is 9.50. The first-order valence-corrected chi connectivity index (χ1v) is 12.4. The molecule has 1 aliphatic carbocycles. The Morgan fingerprint density at radius 2 is 1.70 bits per heavy atom. The van der Waals surface area contributed by atoms with E-state index in [1.807, 2.05) is 42.3 Å². The van der Waals surface area contributed by atoms with Crippen LogP contribution in [0.5, 0.6) is 0 Å². The molecule has 1 amide bonds. The lowest BCUT2D eigenvalue weighted by atomic mass is 9.63. The molecule has 3 atom stereocenters. The highest BCUT2D eigenvalue weighted by Crippen LogP contribution is 2.72. The maximum absolute atomic E-state index is 13.3. The van der Waals surface area contributed by atoms with E-state index in [1.165, 1.54) is 12.8 Å². The van der Waals surface area contributed by atoms with Gasteiger partial charge in [0, 0.05) is 30.1 Å². The Bertz CT molecular complexity index is 1040. The SMILES string of the molecule is CC(CCN(C)C(=O)c1cccc2cccc(C=O)c12)C1(C)CC1(C)CC(C)(C)C(C)(C)C. The molecule has 3 rings (SSSR count). The molecule has 0 saturated heterocycles. The molecule has 0 spiro atoms. The first-order valence-electron chi connectivity index (χ1n) is 12.4. The van der Waals surface area contributed by atoms with Gasteiger partial charge in [-0.15, -0.1) is 0 Å². The van der Waals surface area contributed by atoms with Crippen LogP contribution in [0.3, 0.4) is 0 Å². The minimum Gasteiger partial charge on any atom is -0.342 e. The van der Waals surface area contributed by atoms with Crippen molar-refractivity contribution in [3.05, 3.63) is 47.5 Å². The van der Waals surface area contributed by atoms with E-state index >= 15 is 0 Å².